The van der Waals surface area contributed by atoms with Gasteiger partial charge in [-0.15, -0.1) is 10.2 Å². The van der Waals surface area contributed by atoms with Crippen LogP contribution < -0.4 is 4.74 Å². The third kappa shape index (κ3) is 3.62. The zero-order chi connectivity index (χ0) is 16.9. The molecule has 0 bridgehead atoms. The van der Waals surface area contributed by atoms with Crippen molar-refractivity contribution in [3.63, 3.8) is 0 Å². The first-order valence-electron chi connectivity index (χ1n) is 7.34. The molecule has 7 heteroatoms. The molecule has 0 saturated carbocycles. The van der Waals surface area contributed by atoms with Crippen molar-refractivity contribution < 1.29 is 23.1 Å². The number of esters is 1. The average Bonchev–Trinajstić information content (AvgIpc) is 3.23. The van der Waals surface area contributed by atoms with Crippen LogP contribution in [0.25, 0.3) is 11.7 Å². The van der Waals surface area contributed by atoms with Gasteiger partial charge >= 0.3 is 5.97 Å². The molecule has 0 atom stereocenters. The van der Waals surface area contributed by atoms with Gasteiger partial charge in [0.25, 0.3) is 11.8 Å². The van der Waals surface area contributed by atoms with E-state index >= 15 is 0 Å². The predicted molar refractivity (Wildman–Crippen MR) is 83.2 cm³/mol. The highest BCUT2D eigenvalue weighted by Crippen LogP contribution is 2.22. The van der Waals surface area contributed by atoms with E-state index in [9.17, 15) is 4.79 Å². The Labute approximate surface area is 138 Å². The second-order valence-corrected chi connectivity index (χ2v) is 5.15. The van der Waals surface area contributed by atoms with Crippen LogP contribution in [0.5, 0.6) is 5.75 Å². The molecule has 124 valence electrons. The first kappa shape index (κ1) is 15.8. The van der Waals surface area contributed by atoms with Gasteiger partial charge in [0.1, 0.15) is 5.75 Å². The van der Waals surface area contributed by atoms with Crippen molar-refractivity contribution in [1.29, 1.82) is 0 Å². The lowest BCUT2D eigenvalue weighted by Gasteiger charge is -2.11. The molecule has 2 aromatic heterocycles. The summed E-state index contributed by atoms with van der Waals surface area (Å²) in [5, 5.41) is 7.62. The zero-order valence-corrected chi connectivity index (χ0v) is 13.3. The number of ether oxygens (including phenoxy) is 2. The molecule has 3 rings (SSSR count). The summed E-state index contributed by atoms with van der Waals surface area (Å²) in [6.45, 7) is 3.53. The molecule has 7 nitrogen and oxygen atoms in total. The topological polar surface area (TPSA) is 87.6 Å². The summed E-state index contributed by atoms with van der Waals surface area (Å²) in [5.74, 6) is 1.04. The van der Waals surface area contributed by atoms with Crippen LogP contribution in [-0.4, -0.2) is 22.8 Å². The van der Waals surface area contributed by atoms with E-state index in [4.69, 9.17) is 18.3 Å². The van der Waals surface area contributed by atoms with E-state index in [2.05, 4.69) is 10.2 Å². The van der Waals surface area contributed by atoms with Crippen LogP contribution in [0, 0.1) is 13.8 Å². The van der Waals surface area contributed by atoms with Crippen LogP contribution in [-0.2, 0) is 16.1 Å². The van der Waals surface area contributed by atoms with Crippen LogP contribution in [0.1, 0.15) is 17.0 Å². The maximum Gasteiger partial charge on any atom is 0.344 e. The minimum Gasteiger partial charge on any atom is -0.481 e. The molecule has 0 spiro atoms. The van der Waals surface area contributed by atoms with Crippen molar-refractivity contribution >= 4 is 5.97 Å². The Bertz CT molecular complexity index is 803. The highest BCUT2D eigenvalue weighted by molar-refractivity contribution is 5.71. The molecule has 0 N–H and O–H groups in total. The summed E-state index contributed by atoms with van der Waals surface area (Å²) in [6, 6.07) is 9.18. The van der Waals surface area contributed by atoms with Gasteiger partial charge in [0.2, 0.25) is 0 Å². The van der Waals surface area contributed by atoms with Crippen LogP contribution >= 0.6 is 0 Å². The largest absolute Gasteiger partial charge is 0.481 e. The molecule has 3 aromatic rings. The fraction of sp³-hybridized carbons (Fsp3) is 0.235. The summed E-state index contributed by atoms with van der Waals surface area (Å²) < 4.78 is 21.1. The monoisotopic (exact) mass is 328 g/mol. The second kappa shape index (κ2) is 6.99. The van der Waals surface area contributed by atoms with Gasteiger partial charge in [0.15, 0.2) is 19.0 Å². The van der Waals surface area contributed by atoms with E-state index in [-0.39, 0.29) is 25.0 Å². The molecule has 0 unspecified atom stereocenters. The van der Waals surface area contributed by atoms with Gasteiger partial charge < -0.3 is 18.3 Å². The van der Waals surface area contributed by atoms with Crippen LogP contribution in [0.15, 0.2) is 45.4 Å². The number of aromatic nitrogens is 2. The van der Waals surface area contributed by atoms with Crippen molar-refractivity contribution in [3.05, 3.63) is 53.6 Å². The highest BCUT2D eigenvalue weighted by atomic mass is 16.6. The van der Waals surface area contributed by atoms with Crippen molar-refractivity contribution in [3.8, 4) is 17.4 Å². The normalized spacial score (nSPS) is 10.6. The van der Waals surface area contributed by atoms with Gasteiger partial charge in [-0.3, -0.25) is 0 Å². The first-order valence-corrected chi connectivity index (χ1v) is 7.34. The van der Waals surface area contributed by atoms with Crippen LogP contribution in [0.2, 0.25) is 0 Å². The SMILES string of the molecule is Cc1cccc(C)c1OCC(=O)OCc1nnc(-c2ccco2)o1. The number of carbonyl (C=O) groups excluding carboxylic acids is 1. The quantitative estimate of drug-likeness (QED) is 0.642. The number of hydrogen-bond donors (Lipinski definition) is 0. The minimum atomic E-state index is -0.518. The Morgan fingerprint density at radius 3 is 2.62 bits per heavy atom. The molecule has 2 heterocycles. The van der Waals surface area contributed by atoms with E-state index in [0.29, 0.717) is 11.5 Å². The number of rotatable bonds is 6. The lowest BCUT2D eigenvalue weighted by molar-refractivity contribution is -0.148. The summed E-state index contributed by atoms with van der Waals surface area (Å²) >= 11 is 0. The van der Waals surface area contributed by atoms with E-state index < -0.39 is 5.97 Å². The Kier molecular flexibility index (Phi) is 4.60. The highest BCUT2D eigenvalue weighted by Gasteiger charge is 2.13. The van der Waals surface area contributed by atoms with E-state index in [1.807, 2.05) is 32.0 Å². The standard InChI is InChI=1S/C17H16N2O5/c1-11-5-3-6-12(2)16(11)23-10-15(20)22-9-14-18-19-17(24-14)13-7-4-8-21-13/h3-8H,9-10H2,1-2H3. The van der Waals surface area contributed by atoms with Crippen LogP contribution in [0.3, 0.4) is 0 Å². The number of furan rings is 1. The molecule has 24 heavy (non-hydrogen) atoms. The molecule has 1 aromatic carbocycles. The molecule has 0 aliphatic rings. The summed E-state index contributed by atoms with van der Waals surface area (Å²) in [5.41, 5.74) is 1.92. The summed E-state index contributed by atoms with van der Waals surface area (Å²) in [4.78, 5) is 11.8. The Balaban J connectivity index is 1.51. The first-order chi connectivity index (χ1) is 11.6. The third-order valence-corrected chi connectivity index (χ3v) is 3.30. The molecule has 0 aliphatic heterocycles. The fourth-order valence-electron chi connectivity index (χ4n) is 2.15. The van der Waals surface area contributed by atoms with Gasteiger partial charge in [-0.2, -0.15) is 0 Å². The molecule has 0 radical (unpaired) electrons. The van der Waals surface area contributed by atoms with Gasteiger partial charge in [-0.05, 0) is 37.1 Å². The van der Waals surface area contributed by atoms with E-state index in [1.54, 1.807) is 12.1 Å². The average molecular weight is 328 g/mol. The van der Waals surface area contributed by atoms with Crippen molar-refractivity contribution in [2.75, 3.05) is 6.61 Å². The van der Waals surface area contributed by atoms with E-state index in [0.717, 1.165) is 11.1 Å². The number of benzene rings is 1. The zero-order valence-electron chi connectivity index (χ0n) is 13.3. The molecule has 0 saturated heterocycles. The maximum atomic E-state index is 11.8. The van der Waals surface area contributed by atoms with Crippen molar-refractivity contribution in [2.45, 2.75) is 20.5 Å². The fourth-order valence-corrected chi connectivity index (χ4v) is 2.15. The Morgan fingerprint density at radius 2 is 1.92 bits per heavy atom. The molecular weight excluding hydrogens is 312 g/mol. The van der Waals surface area contributed by atoms with Gasteiger partial charge in [0.05, 0.1) is 6.26 Å². The predicted octanol–water partition coefficient (Wildman–Crippen LogP) is 3.07. The van der Waals surface area contributed by atoms with Gasteiger partial charge in [-0.1, -0.05) is 18.2 Å². The maximum absolute atomic E-state index is 11.8. The Morgan fingerprint density at radius 1 is 1.12 bits per heavy atom. The lowest BCUT2D eigenvalue weighted by Crippen LogP contribution is -2.15. The van der Waals surface area contributed by atoms with E-state index in [1.165, 1.54) is 6.26 Å². The molecule has 0 amide bonds. The minimum absolute atomic E-state index is 0.122. The summed E-state index contributed by atoms with van der Waals surface area (Å²) in [7, 11) is 0. The molecular formula is C17H16N2O5. The lowest BCUT2D eigenvalue weighted by atomic mass is 10.1. The Hall–Kier alpha value is -3.09. The van der Waals surface area contributed by atoms with Crippen molar-refractivity contribution in [1.82, 2.24) is 10.2 Å². The molecule has 0 aliphatic carbocycles. The number of nitrogens with zero attached hydrogens (tertiary/aromatic N) is 2. The number of para-hydroxylation sites is 1. The van der Waals surface area contributed by atoms with Gasteiger partial charge in [0, 0.05) is 0 Å². The number of aryl methyl sites for hydroxylation is 2. The second-order valence-electron chi connectivity index (χ2n) is 5.15. The summed E-state index contributed by atoms with van der Waals surface area (Å²) in [6.07, 6.45) is 1.50. The number of hydrogen-bond acceptors (Lipinski definition) is 7. The van der Waals surface area contributed by atoms with Crippen molar-refractivity contribution in [2.24, 2.45) is 0 Å². The van der Waals surface area contributed by atoms with Crippen LogP contribution in [0.4, 0.5) is 0 Å². The number of carbonyl (C=O) groups is 1. The smallest absolute Gasteiger partial charge is 0.344 e. The van der Waals surface area contributed by atoms with Gasteiger partial charge in [-0.25, -0.2) is 4.79 Å². The third-order valence-electron chi connectivity index (χ3n) is 3.30. The molecule has 0 fully saturated rings.